The second kappa shape index (κ2) is 7.24. The number of rotatable bonds is 6. The van der Waals surface area contributed by atoms with Gasteiger partial charge in [-0.1, -0.05) is 55.8 Å². The first-order valence-corrected chi connectivity index (χ1v) is 5.72. The predicted octanol–water partition coefficient (Wildman–Crippen LogP) is 3.64. The van der Waals surface area contributed by atoms with E-state index in [1.165, 1.54) is 5.56 Å². The van der Waals surface area contributed by atoms with E-state index in [0.717, 1.165) is 25.7 Å². The van der Waals surface area contributed by atoms with Gasteiger partial charge in [-0.3, -0.25) is 0 Å². The van der Waals surface area contributed by atoms with Crippen LogP contribution in [0.15, 0.2) is 36.4 Å². The van der Waals surface area contributed by atoms with Crippen LogP contribution in [0.3, 0.4) is 0 Å². The number of benzene rings is 1. The Hall–Kier alpha value is -1.08. The molecular formula is C14H20O. The van der Waals surface area contributed by atoms with E-state index in [0.29, 0.717) is 0 Å². The van der Waals surface area contributed by atoms with Crippen LogP contribution in [0, 0.1) is 0 Å². The van der Waals surface area contributed by atoms with Crippen molar-refractivity contribution in [3.8, 4) is 0 Å². The maximum absolute atomic E-state index is 9.51. The molecule has 1 heteroatoms. The monoisotopic (exact) mass is 204 g/mol. The molecule has 0 saturated heterocycles. The Morgan fingerprint density at radius 2 is 1.93 bits per heavy atom. The minimum Gasteiger partial charge on any atom is -0.393 e. The third-order valence-corrected chi connectivity index (χ3v) is 2.40. The summed E-state index contributed by atoms with van der Waals surface area (Å²) < 4.78 is 0. The van der Waals surface area contributed by atoms with Crippen LogP contribution in [-0.2, 0) is 0 Å². The van der Waals surface area contributed by atoms with Gasteiger partial charge in [-0.25, -0.2) is 0 Å². The third kappa shape index (κ3) is 5.38. The van der Waals surface area contributed by atoms with Gasteiger partial charge in [0.1, 0.15) is 0 Å². The average Bonchev–Trinajstić information content (AvgIpc) is 2.26. The van der Waals surface area contributed by atoms with Crippen LogP contribution in [0.2, 0.25) is 0 Å². The number of hydrogen-bond acceptors (Lipinski definition) is 1. The molecule has 1 atom stereocenters. The standard InChI is InChI=1S/C14H20O/c1-2-8-14(15)12-7-6-11-13-9-4-3-5-10-13/h3-6,9-11,14-15H,2,7-8,12H2,1H3. The van der Waals surface area contributed by atoms with Crippen molar-refractivity contribution in [1.29, 1.82) is 0 Å². The summed E-state index contributed by atoms with van der Waals surface area (Å²) in [5, 5.41) is 9.51. The van der Waals surface area contributed by atoms with Crippen LogP contribution in [-0.4, -0.2) is 11.2 Å². The summed E-state index contributed by atoms with van der Waals surface area (Å²) in [6, 6.07) is 10.2. The molecule has 1 rings (SSSR count). The highest BCUT2D eigenvalue weighted by atomic mass is 16.3. The Bertz CT molecular complexity index is 277. The summed E-state index contributed by atoms with van der Waals surface area (Å²) in [5.74, 6) is 0. The number of hydrogen-bond donors (Lipinski definition) is 1. The normalized spacial score (nSPS) is 13.2. The Balaban J connectivity index is 2.23. The molecule has 0 heterocycles. The van der Waals surface area contributed by atoms with Crippen molar-refractivity contribution in [2.45, 2.75) is 38.7 Å². The number of aliphatic hydroxyl groups is 1. The largest absolute Gasteiger partial charge is 0.393 e. The molecule has 0 aliphatic rings. The quantitative estimate of drug-likeness (QED) is 0.750. The van der Waals surface area contributed by atoms with Crippen molar-refractivity contribution >= 4 is 6.08 Å². The smallest absolute Gasteiger partial charge is 0.0543 e. The van der Waals surface area contributed by atoms with Crippen molar-refractivity contribution in [3.63, 3.8) is 0 Å². The Morgan fingerprint density at radius 3 is 2.60 bits per heavy atom. The molecule has 1 N–H and O–H groups in total. The van der Waals surface area contributed by atoms with Crippen molar-refractivity contribution in [3.05, 3.63) is 42.0 Å². The predicted molar refractivity (Wildman–Crippen MR) is 65.6 cm³/mol. The van der Waals surface area contributed by atoms with Gasteiger partial charge in [0.15, 0.2) is 0 Å². The average molecular weight is 204 g/mol. The van der Waals surface area contributed by atoms with Crippen molar-refractivity contribution in [2.75, 3.05) is 0 Å². The molecule has 0 fully saturated rings. The minimum atomic E-state index is -0.129. The van der Waals surface area contributed by atoms with Gasteiger partial charge in [0.05, 0.1) is 6.10 Å². The van der Waals surface area contributed by atoms with Crippen molar-refractivity contribution in [1.82, 2.24) is 0 Å². The fraction of sp³-hybridized carbons (Fsp3) is 0.429. The molecule has 0 spiro atoms. The summed E-state index contributed by atoms with van der Waals surface area (Å²) in [6.45, 7) is 2.10. The van der Waals surface area contributed by atoms with Crippen LogP contribution in [0.25, 0.3) is 6.08 Å². The Labute approximate surface area is 92.5 Å². The second-order valence-corrected chi connectivity index (χ2v) is 3.83. The summed E-state index contributed by atoms with van der Waals surface area (Å²) >= 11 is 0. The maximum atomic E-state index is 9.51. The summed E-state index contributed by atoms with van der Waals surface area (Å²) in [7, 11) is 0. The first-order chi connectivity index (χ1) is 7.33. The lowest BCUT2D eigenvalue weighted by molar-refractivity contribution is 0.155. The van der Waals surface area contributed by atoms with E-state index in [1.54, 1.807) is 0 Å². The lowest BCUT2D eigenvalue weighted by atomic mass is 10.1. The summed E-state index contributed by atoms with van der Waals surface area (Å²) in [6.07, 6.45) is 7.92. The van der Waals surface area contributed by atoms with Crippen molar-refractivity contribution in [2.24, 2.45) is 0 Å². The zero-order valence-corrected chi connectivity index (χ0v) is 9.39. The fourth-order valence-electron chi connectivity index (χ4n) is 1.55. The molecule has 15 heavy (non-hydrogen) atoms. The Morgan fingerprint density at radius 1 is 1.20 bits per heavy atom. The van der Waals surface area contributed by atoms with Crippen LogP contribution >= 0.6 is 0 Å². The highest BCUT2D eigenvalue weighted by Gasteiger charge is 1.99. The zero-order valence-electron chi connectivity index (χ0n) is 9.39. The highest BCUT2D eigenvalue weighted by molar-refractivity contribution is 5.48. The topological polar surface area (TPSA) is 20.2 Å². The SMILES string of the molecule is CCCC(O)CCC=Cc1ccccc1. The lowest BCUT2D eigenvalue weighted by Gasteiger charge is -2.05. The summed E-state index contributed by atoms with van der Waals surface area (Å²) in [5.41, 5.74) is 1.22. The first kappa shape index (κ1) is 12.0. The van der Waals surface area contributed by atoms with E-state index in [9.17, 15) is 5.11 Å². The van der Waals surface area contributed by atoms with E-state index in [-0.39, 0.29) is 6.10 Å². The van der Waals surface area contributed by atoms with Gasteiger partial charge < -0.3 is 5.11 Å². The third-order valence-electron chi connectivity index (χ3n) is 2.40. The molecule has 82 valence electrons. The van der Waals surface area contributed by atoms with Gasteiger partial charge in [-0.2, -0.15) is 0 Å². The molecule has 1 aromatic carbocycles. The highest BCUT2D eigenvalue weighted by Crippen LogP contribution is 2.07. The van der Waals surface area contributed by atoms with Crippen LogP contribution < -0.4 is 0 Å². The van der Waals surface area contributed by atoms with Gasteiger partial charge in [-0.05, 0) is 24.8 Å². The van der Waals surface area contributed by atoms with Crippen molar-refractivity contribution < 1.29 is 5.11 Å². The van der Waals surface area contributed by atoms with E-state index < -0.39 is 0 Å². The summed E-state index contributed by atoms with van der Waals surface area (Å²) in [4.78, 5) is 0. The molecule has 1 aromatic rings. The molecule has 0 aliphatic carbocycles. The molecular weight excluding hydrogens is 184 g/mol. The van der Waals surface area contributed by atoms with Gasteiger partial charge >= 0.3 is 0 Å². The van der Waals surface area contributed by atoms with Crippen LogP contribution in [0.4, 0.5) is 0 Å². The van der Waals surface area contributed by atoms with Crippen LogP contribution in [0.1, 0.15) is 38.2 Å². The lowest BCUT2D eigenvalue weighted by Crippen LogP contribution is -2.04. The molecule has 0 aliphatic heterocycles. The number of aliphatic hydroxyl groups excluding tert-OH is 1. The number of allylic oxidation sites excluding steroid dienone is 1. The van der Waals surface area contributed by atoms with E-state index in [2.05, 4.69) is 31.2 Å². The van der Waals surface area contributed by atoms with E-state index in [4.69, 9.17) is 0 Å². The molecule has 0 radical (unpaired) electrons. The molecule has 0 saturated carbocycles. The zero-order chi connectivity index (χ0) is 10.9. The Kier molecular flexibility index (Phi) is 5.79. The van der Waals surface area contributed by atoms with Crippen LogP contribution in [0.5, 0.6) is 0 Å². The molecule has 0 amide bonds. The maximum Gasteiger partial charge on any atom is 0.0543 e. The second-order valence-electron chi connectivity index (χ2n) is 3.83. The van der Waals surface area contributed by atoms with Gasteiger partial charge in [-0.15, -0.1) is 0 Å². The molecule has 1 nitrogen and oxygen atoms in total. The molecule has 0 aromatic heterocycles. The fourth-order valence-corrected chi connectivity index (χ4v) is 1.55. The molecule has 0 bridgehead atoms. The van der Waals surface area contributed by atoms with Gasteiger partial charge in [0.2, 0.25) is 0 Å². The van der Waals surface area contributed by atoms with E-state index in [1.807, 2.05) is 18.2 Å². The first-order valence-electron chi connectivity index (χ1n) is 5.72. The van der Waals surface area contributed by atoms with Gasteiger partial charge in [0.25, 0.3) is 0 Å². The van der Waals surface area contributed by atoms with E-state index >= 15 is 0 Å². The molecule has 1 unspecified atom stereocenters. The van der Waals surface area contributed by atoms with Gasteiger partial charge in [0, 0.05) is 0 Å². The minimum absolute atomic E-state index is 0.129.